The van der Waals surface area contributed by atoms with Crippen molar-refractivity contribution >= 4 is 52.5 Å². The molecule has 0 bridgehead atoms. The Morgan fingerprint density at radius 1 is 1.38 bits per heavy atom. The lowest BCUT2D eigenvalue weighted by Gasteiger charge is -2.14. The zero-order chi connectivity index (χ0) is 15.1. The molecule has 0 radical (unpaired) electrons. The lowest BCUT2D eigenvalue weighted by atomic mass is 10.1. The van der Waals surface area contributed by atoms with E-state index in [4.69, 9.17) is 5.73 Å². The maximum atomic E-state index is 11.6. The molecule has 21 heavy (non-hydrogen) atoms. The lowest BCUT2D eigenvalue weighted by molar-refractivity contribution is -0.125. The van der Waals surface area contributed by atoms with Gasteiger partial charge in [-0.15, -0.1) is 22.6 Å². The van der Waals surface area contributed by atoms with Crippen LogP contribution in [0.5, 0.6) is 0 Å². The van der Waals surface area contributed by atoms with Crippen LogP contribution in [0.2, 0.25) is 0 Å². The van der Waals surface area contributed by atoms with Crippen molar-refractivity contribution in [1.29, 1.82) is 0 Å². The fourth-order valence-corrected chi connectivity index (χ4v) is 2.86. The van der Waals surface area contributed by atoms with E-state index < -0.39 is 6.04 Å². The number of rotatable bonds is 7. The van der Waals surface area contributed by atoms with Crippen molar-refractivity contribution in [3.63, 3.8) is 0 Å². The molecule has 1 heterocycles. The average Bonchev–Trinajstić information content (AvgIpc) is 2.82. The molecule has 0 spiro atoms. The minimum atomic E-state index is -0.614. The second kappa shape index (κ2) is 9.93. The van der Waals surface area contributed by atoms with Gasteiger partial charge in [-0.05, 0) is 11.7 Å². The van der Waals surface area contributed by atoms with Crippen LogP contribution in [0.15, 0.2) is 4.34 Å². The number of hydrogen-bond acceptors (Lipinski definition) is 7. The van der Waals surface area contributed by atoms with E-state index in [0.29, 0.717) is 5.13 Å². The molecule has 1 aromatic heterocycles. The Balaban J connectivity index is 0.00000400. The smallest absolute Gasteiger partial charge is 0.245 e. The van der Waals surface area contributed by atoms with E-state index in [1.54, 1.807) is 11.8 Å². The number of carbonyl (C=O) groups excluding carboxylic acids is 2. The Bertz CT molecular complexity index is 469. The normalized spacial score (nSPS) is 11.7. The molecule has 2 amide bonds. The molecule has 120 valence electrons. The maximum Gasteiger partial charge on any atom is 0.245 e. The second-order valence-electron chi connectivity index (χ2n) is 4.34. The second-order valence-corrected chi connectivity index (χ2v) is 6.83. The third-order valence-corrected chi connectivity index (χ3v) is 4.22. The van der Waals surface area contributed by atoms with Gasteiger partial charge in [0, 0.05) is 0 Å². The van der Waals surface area contributed by atoms with Gasteiger partial charge in [0.2, 0.25) is 16.9 Å². The fourth-order valence-electron chi connectivity index (χ4n) is 1.19. The molecule has 0 aliphatic rings. The Morgan fingerprint density at radius 3 is 2.62 bits per heavy atom. The molecule has 7 nitrogen and oxygen atoms in total. The summed E-state index contributed by atoms with van der Waals surface area (Å²) in [4.78, 5) is 23.2. The summed E-state index contributed by atoms with van der Waals surface area (Å²) in [7, 11) is 0. The van der Waals surface area contributed by atoms with E-state index >= 15 is 0 Å². The van der Waals surface area contributed by atoms with E-state index in [0.717, 1.165) is 10.1 Å². The Hall–Kier alpha value is -0.900. The number of nitrogens with one attached hydrogen (secondary N) is 2. The third kappa shape index (κ3) is 7.07. The van der Waals surface area contributed by atoms with Crippen molar-refractivity contribution < 1.29 is 9.59 Å². The van der Waals surface area contributed by atoms with Crippen LogP contribution in [0.3, 0.4) is 0 Å². The number of nitrogens with zero attached hydrogens (tertiary/aromatic N) is 2. The number of carbonyl (C=O) groups is 2. The number of thioether (sulfide) groups is 1. The predicted molar refractivity (Wildman–Crippen MR) is 88.0 cm³/mol. The molecule has 0 unspecified atom stereocenters. The molecule has 1 atom stereocenters. The van der Waals surface area contributed by atoms with Crippen LogP contribution in [0, 0.1) is 5.92 Å². The monoisotopic (exact) mass is 353 g/mol. The fraction of sp³-hybridized carbons (Fsp3) is 0.636. The predicted octanol–water partition coefficient (Wildman–Crippen LogP) is 1.11. The van der Waals surface area contributed by atoms with Gasteiger partial charge in [0.05, 0.1) is 12.6 Å². The highest BCUT2D eigenvalue weighted by Crippen LogP contribution is 2.24. The molecule has 1 aromatic rings. The Morgan fingerprint density at radius 2 is 2.05 bits per heavy atom. The van der Waals surface area contributed by atoms with Gasteiger partial charge in [-0.1, -0.05) is 43.9 Å². The molecule has 0 aromatic carbocycles. The first-order valence-corrected chi connectivity index (χ1v) is 8.03. The van der Waals surface area contributed by atoms with Crippen LogP contribution in [-0.2, 0) is 9.59 Å². The van der Waals surface area contributed by atoms with Crippen molar-refractivity contribution in [2.75, 3.05) is 17.6 Å². The Labute approximate surface area is 138 Å². The number of halogens is 1. The van der Waals surface area contributed by atoms with Crippen molar-refractivity contribution in [3.8, 4) is 0 Å². The SMILES string of the molecule is CCSc1nnc(NC(=O)CNC(=O)[C@@H](N)C(C)C)s1.Cl. The van der Waals surface area contributed by atoms with Gasteiger partial charge in [-0.3, -0.25) is 14.9 Å². The standard InChI is InChI=1S/C11H19N5O2S2.ClH/c1-4-19-11-16-15-10(20-11)14-7(17)5-13-9(18)8(12)6(2)3;/h6,8H,4-5,12H2,1-3H3,(H,13,18)(H,14,15,17);1H/t8-;/m0./s1. The van der Waals surface area contributed by atoms with E-state index in [9.17, 15) is 9.59 Å². The lowest BCUT2D eigenvalue weighted by Crippen LogP contribution is -2.46. The minimum absolute atomic E-state index is 0. The van der Waals surface area contributed by atoms with Crippen molar-refractivity contribution in [1.82, 2.24) is 15.5 Å². The van der Waals surface area contributed by atoms with E-state index in [1.807, 2.05) is 20.8 Å². The molecule has 1 rings (SSSR count). The molecule has 10 heteroatoms. The molecule has 0 aliphatic carbocycles. The van der Waals surface area contributed by atoms with Gasteiger partial charge in [-0.25, -0.2) is 0 Å². The third-order valence-electron chi connectivity index (χ3n) is 2.36. The van der Waals surface area contributed by atoms with Crippen molar-refractivity contribution in [2.45, 2.75) is 31.2 Å². The number of hydrogen-bond donors (Lipinski definition) is 3. The number of aromatic nitrogens is 2. The van der Waals surface area contributed by atoms with Crippen LogP contribution >= 0.6 is 35.5 Å². The summed E-state index contributed by atoms with van der Waals surface area (Å²) >= 11 is 2.86. The van der Waals surface area contributed by atoms with Crippen LogP contribution in [0.1, 0.15) is 20.8 Å². The van der Waals surface area contributed by atoms with Gasteiger partial charge in [0.25, 0.3) is 0 Å². The maximum absolute atomic E-state index is 11.6. The number of anilines is 1. The van der Waals surface area contributed by atoms with E-state index in [-0.39, 0.29) is 36.7 Å². The van der Waals surface area contributed by atoms with Crippen LogP contribution in [-0.4, -0.2) is 40.4 Å². The first-order chi connectivity index (χ1) is 9.43. The molecule has 0 aliphatic heterocycles. The van der Waals surface area contributed by atoms with Crippen LogP contribution in [0.4, 0.5) is 5.13 Å². The first kappa shape index (κ1) is 20.1. The zero-order valence-electron chi connectivity index (χ0n) is 12.1. The van der Waals surface area contributed by atoms with Gasteiger partial charge in [0.15, 0.2) is 4.34 Å². The average molecular weight is 354 g/mol. The summed E-state index contributed by atoms with van der Waals surface area (Å²) in [5, 5.41) is 13.3. The van der Waals surface area contributed by atoms with Gasteiger partial charge in [0.1, 0.15) is 0 Å². The van der Waals surface area contributed by atoms with Crippen LogP contribution in [0.25, 0.3) is 0 Å². The summed E-state index contributed by atoms with van der Waals surface area (Å²) in [5.41, 5.74) is 5.67. The van der Waals surface area contributed by atoms with E-state index in [2.05, 4.69) is 20.8 Å². The first-order valence-electron chi connectivity index (χ1n) is 6.23. The number of amides is 2. The molecular weight excluding hydrogens is 334 g/mol. The summed E-state index contributed by atoms with van der Waals surface area (Å²) in [6.07, 6.45) is 0. The molecular formula is C11H20ClN5O2S2. The highest BCUT2D eigenvalue weighted by Gasteiger charge is 2.18. The van der Waals surface area contributed by atoms with Crippen molar-refractivity contribution in [3.05, 3.63) is 0 Å². The summed E-state index contributed by atoms with van der Waals surface area (Å²) in [6, 6.07) is -0.614. The Kier molecular flexibility index (Phi) is 9.51. The van der Waals surface area contributed by atoms with Gasteiger partial charge >= 0.3 is 0 Å². The summed E-state index contributed by atoms with van der Waals surface area (Å²) in [6.45, 7) is 5.57. The van der Waals surface area contributed by atoms with Gasteiger partial charge in [-0.2, -0.15) is 0 Å². The minimum Gasteiger partial charge on any atom is -0.346 e. The number of nitrogens with two attached hydrogens (primary N) is 1. The van der Waals surface area contributed by atoms with Crippen molar-refractivity contribution in [2.24, 2.45) is 11.7 Å². The summed E-state index contributed by atoms with van der Waals surface area (Å²) < 4.78 is 0.800. The molecule has 4 N–H and O–H groups in total. The zero-order valence-corrected chi connectivity index (χ0v) is 14.5. The van der Waals surface area contributed by atoms with Crippen LogP contribution < -0.4 is 16.4 Å². The molecule has 0 saturated carbocycles. The highest BCUT2D eigenvalue weighted by molar-refractivity contribution is 8.01. The quantitative estimate of drug-likeness (QED) is 0.500. The highest BCUT2D eigenvalue weighted by atomic mass is 35.5. The topological polar surface area (TPSA) is 110 Å². The molecule has 0 saturated heterocycles. The van der Waals surface area contributed by atoms with Gasteiger partial charge < -0.3 is 11.1 Å². The molecule has 0 fully saturated rings. The van der Waals surface area contributed by atoms with E-state index in [1.165, 1.54) is 11.3 Å². The largest absolute Gasteiger partial charge is 0.346 e. The summed E-state index contributed by atoms with van der Waals surface area (Å²) in [5.74, 6) is 0.231.